The van der Waals surface area contributed by atoms with Crippen LogP contribution < -0.4 is 0 Å². The number of pyridine rings is 1. The van der Waals surface area contributed by atoms with Crippen LogP contribution in [-0.2, 0) is 4.79 Å². The SMILES string of the molecule is O=C(c1ccccn1)N1CC2(C1)[C@H](c1ccccc1)[C@H](CO)N2C(=O)C1CC1. The van der Waals surface area contributed by atoms with E-state index in [-0.39, 0.29) is 36.3 Å². The number of hydrogen-bond donors (Lipinski definition) is 1. The van der Waals surface area contributed by atoms with Gasteiger partial charge in [-0.25, -0.2) is 0 Å². The summed E-state index contributed by atoms with van der Waals surface area (Å²) in [6.45, 7) is 0.905. The van der Waals surface area contributed by atoms with Crippen LogP contribution in [0.15, 0.2) is 54.7 Å². The lowest BCUT2D eigenvalue weighted by Gasteiger charge is -2.70. The number of amides is 2. The van der Waals surface area contributed by atoms with Gasteiger partial charge in [-0.3, -0.25) is 14.6 Å². The molecular weight excluding hydrogens is 354 g/mol. The molecule has 6 heteroatoms. The summed E-state index contributed by atoms with van der Waals surface area (Å²) in [6.07, 6.45) is 3.47. The number of aliphatic hydroxyl groups is 1. The van der Waals surface area contributed by atoms with Gasteiger partial charge in [-0.15, -0.1) is 0 Å². The van der Waals surface area contributed by atoms with Crippen molar-refractivity contribution in [2.45, 2.75) is 30.3 Å². The normalized spacial score (nSPS) is 25.2. The molecule has 0 radical (unpaired) electrons. The fourth-order valence-corrected chi connectivity index (χ4v) is 4.95. The summed E-state index contributed by atoms with van der Waals surface area (Å²) in [5, 5.41) is 10.1. The molecule has 28 heavy (non-hydrogen) atoms. The van der Waals surface area contributed by atoms with Crippen molar-refractivity contribution in [2.75, 3.05) is 19.7 Å². The molecule has 3 aliphatic rings. The molecule has 2 aromatic rings. The van der Waals surface area contributed by atoms with Gasteiger partial charge in [0.2, 0.25) is 5.91 Å². The molecule has 1 aromatic heterocycles. The van der Waals surface area contributed by atoms with Gasteiger partial charge in [-0.05, 0) is 30.5 Å². The minimum Gasteiger partial charge on any atom is -0.394 e. The first-order valence-corrected chi connectivity index (χ1v) is 9.85. The zero-order valence-electron chi connectivity index (χ0n) is 15.6. The first-order valence-electron chi connectivity index (χ1n) is 9.85. The van der Waals surface area contributed by atoms with Crippen LogP contribution in [0.4, 0.5) is 0 Å². The third kappa shape index (κ3) is 2.48. The fraction of sp³-hybridized carbons (Fsp3) is 0.409. The highest BCUT2D eigenvalue weighted by molar-refractivity contribution is 5.94. The number of rotatable bonds is 4. The van der Waals surface area contributed by atoms with Gasteiger partial charge >= 0.3 is 0 Å². The highest BCUT2D eigenvalue weighted by Gasteiger charge is 2.69. The summed E-state index contributed by atoms with van der Waals surface area (Å²) in [6, 6.07) is 15.1. The van der Waals surface area contributed by atoms with E-state index >= 15 is 0 Å². The Morgan fingerprint density at radius 1 is 1.07 bits per heavy atom. The predicted octanol–water partition coefficient (Wildman–Crippen LogP) is 1.67. The first kappa shape index (κ1) is 17.4. The standard InChI is InChI=1S/C22H23N3O3/c26-12-18-19(15-6-2-1-3-7-15)22(25(18)20(27)16-9-10-16)13-24(14-22)21(28)17-8-4-5-11-23-17/h1-8,11,16,18-19,26H,9-10,12-14H2/t18-,19+/m0/s1. The van der Waals surface area contributed by atoms with Crippen LogP contribution in [0.2, 0.25) is 0 Å². The van der Waals surface area contributed by atoms with E-state index < -0.39 is 5.54 Å². The largest absolute Gasteiger partial charge is 0.394 e. The maximum atomic E-state index is 13.0. The van der Waals surface area contributed by atoms with Crippen LogP contribution in [0.5, 0.6) is 0 Å². The number of aliphatic hydroxyl groups excluding tert-OH is 1. The van der Waals surface area contributed by atoms with Crippen molar-refractivity contribution in [3.05, 3.63) is 66.0 Å². The van der Waals surface area contributed by atoms with Crippen LogP contribution >= 0.6 is 0 Å². The molecule has 1 spiro atoms. The number of likely N-dealkylation sites (tertiary alicyclic amines) is 2. The highest BCUT2D eigenvalue weighted by atomic mass is 16.3. The van der Waals surface area contributed by atoms with Crippen molar-refractivity contribution in [1.82, 2.24) is 14.8 Å². The Morgan fingerprint density at radius 2 is 1.79 bits per heavy atom. The van der Waals surface area contributed by atoms with Crippen LogP contribution in [0.25, 0.3) is 0 Å². The smallest absolute Gasteiger partial charge is 0.272 e. The maximum Gasteiger partial charge on any atom is 0.272 e. The van der Waals surface area contributed by atoms with E-state index in [9.17, 15) is 14.7 Å². The van der Waals surface area contributed by atoms with Crippen LogP contribution in [0, 0.1) is 5.92 Å². The summed E-state index contributed by atoms with van der Waals surface area (Å²) in [7, 11) is 0. The monoisotopic (exact) mass is 377 g/mol. The average molecular weight is 377 g/mol. The van der Waals surface area contributed by atoms with Gasteiger partial charge in [0.05, 0.1) is 18.2 Å². The van der Waals surface area contributed by atoms with Gasteiger partial charge in [0.15, 0.2) is 0 Å². The number of aromatic nitrogens is 1. The van der Waals surface area contributed by atoms with E-state index in [0.29, 0.717) is 18.8 Å². The Balaban J connectivity index is 1.44. The Kier molecular flexibility index (Phi) is 3.98. The summed E-state index contributed by atoms with van der Waals surface area (Å²) in [5.41, 5.74) is 1.12. The second-order valence-corrected chi connectivity index (χ2v) is 8.10. The Morgan fingerprint density at radius 3 is 2.39 bits per heavy atom. The lowest BCUT2D eigenvalue weighted by molar-refractivity contribution is -0.194. The van der Waals surface area contributed by atoms with Gasteiger partial charge in [0, 0.05) is 31.1 Å². The van der Waals surface area contributed by atoms with Crippen molar-refractivity contribution in [3.8, 4) is 0 Å². The summed E-state index contributed by atoms with van der Waals surface area (Å²) in [5.74, 6) is 0.151. The topological polar surface area (TPSA) is 73.7 Å². The lowest BCUT2D eigenvalue weighted by Crippen LogP contribution is -2.86. The molecule has 1 aromatic carbocycles. The quantitative estimate of drug-likeness (QED) is 0.880. The molecule has 2 aliphatic heterocycles. The molecule has 1 saturated carbocycles. The maximum absolute atomic E-state index is 13.0. The lowest BCUT2D eigenvalue weighted by atomic mass is 9.60. The molecule has 3 fully saturated rings. The Labute approximate surface area is 163 Å². The summed E-state index contributed by atoms with van der Waals surface area (Å²) >= 11 is 0. The molecule has 0 unspecified atom stereocenters. The van der Waals surface area contributed by atoms with E-state index in [1.807, 2.05) is 23.1 Å². The third-order valence-electron chi connectivity index (χ3n) is 6.39. The molecule has 1 N–H and O–H groups in total. The fourth-order valence-electron chi connectivity index (χ4n) is 4.95. The van der Waals surface area contributed by atoms with Gasteiger partial charge in [-0.2, -0.15) is 0 Å². The molecule has 2 saturated heterocycles. The number of carbonyl (C=O) groups excluding carboxylic acids is 2. The van der Waals surface area contributed by atoms with Crippen molar-refractivity contribution in [1.29, 1.82) is 0 Å². The summed E-state index contributed by atoms with van der Waals surface area (Å²) in [4.78, 5) is 33.6. The van der Waals surface area contributed by atoms with E-state index in [1.54, 1.807) is 29.3 Å². The van der Waals surface area contributed by atoms with Crippen LogP contribution in [0.3, 0.4) is 0 Å². The van der Waals surface area contributed by atoms with E-state index in [0.717, 1.165) is 18.4 Å². The second kappa shape index (κ2) is 6.41. The zero-order valence-corrected chi connectivity index (χ0v) is 15.6. The molecule has 2 atom stereocenters. The molecular formula is C22H23N3O3. The molecule has 3 heterocycles. The molecule has 1 aliphatic carbocycles. The van der Waals surface area contributed by atoms with Gasteiger partial charge in [0.25, 0.3) is 5.91 Å². The Hall–Kier alpha value is -2.73. The van der Waals surface area contributed by atoms with Crippen molar-refractivity contribution >= 4 is 11.8 Å². The van der Waals surface area contributed by atoms with Crippen LogP contribution in [-0.4, -0.2) is 63.0 Å². The molecule has 144 valence electrons. The summed E-state index contributed by atoms with van der Waals surface area (Å²) < 4.78 is 0. The minimum atomic E-state index is -0.418. The second-order valence-electron chi connectivity index (χ2n) is 8.10. The number of nitrogens with zero attached hydrogens (tertiary/aromatic N) is 3. The molecule has 2 amide bonds. The molecule has 6 nitrogen and oxygen atoms in total. The van der Waals surface area contributed by atoms with Gasteiger partial charge < -0.3 is 14.9 Å². The van der Waals surface area contributed by atoms with E-state index in [2.05, 4.69) is 17.1 Å². The van der Waals surface area contributed by atoms with Crippen molar-refractivity contribution < 1.29 is 14.7 Å². The zero-order chi connectivity index (χ0) is 19.3. The third-order valence-corrected chi connectivity index (χ3v) is 6.39. The number of benzene rings is 1. The molecule has 0 bridgehead atoms. The van der Waals surface area contributed by atoms with Gasteiger partial charge in [0.1, 0.15) is 5.69 Å². The average Bonchev–Trinajstić information content (AvgIpc) is 3.53. The van der Waals surface area contributed by atoms with Crippen LogP contribution in [0.1, 0.15) is 34.8 Å². The van der Waals surface area contributed by atoms with Crippen molar-refractivity contribution in [3.63, 3.8) is 0 Å². The highest BCUT2D eigenvalue weighted by Crippen LogP contribution is 2.55. The predicted molar refractivity (Wildman–Crippen MR) is 102 cm³/mol. The van der Waals surface area contributed by atoms with Gasteiger partial charge in [-0.1, -0.05) is 36.4 Å². The Bertz CT molecular complexity index is 892. The van der Waals surface area contributed by atoms with E-state index in [4.69, 9.17) is 0 Å². The molecule has 5 rings (SSSR count). The van der Waals surface area contributed by atoms with Crippen molar-refractivity contribution in [2.24, 2.45) is 5.92 Å². The van der Waals surface area contributed by atoms with E-state index in [1.165, 1.54) is 0 Å². The first-order chi connectivity index (χ1) is 13.7. The minimum absolute atomic E-state index is 0.0363. The number of hydrogen-bond acceptors (Lipinski definition) is 4. The number of carbonyl (C=O) groups is 2.